The summed E-state index contributed by atoms with van der Waals surface area (Å²) in [6.07, 6.45) is -0.663. The van der Waals surface area contributed by atoms with Gasteiger partial charge in [0.05, 0.1) is 0 Å². The van der Waals surface area contributed by atoms with Crippen molar-refractivity contribution < 1.29 is 22.7 Å². The maximum absolute atomic E-state index is 12.8. The minimum Gasteiger partial charge on any atom is -0.406 e. The SMILES string of the molecule is CCCC(C)(C)N1CCC(NC(=O)c2cccc(-c3cccc(OC(F)(F)F)c3)c2)CC1. The summed E-state index contributed by atoms with van der Waals surface area (Å²) in [6, 6.07) is 12.8. The summed E-state index contributed by atoms with van der Waals surface area (Å²) >= 11 is 0. The molecule has 1 saturated heterocycles. The molecule has 32 heavy (non-hydrogen) atoms. The van der Waals surface area contributed by atoms with Crippen LogP contribution in [0.3, 0.4) is 0 Å². The molecule has 1 aliphatic heterocycles. The van der Waals surface area contributed by atoms with E-state index < -0.39 is 6.36 Å². The van der Waals surface area contributed by atoms with Crippen LogP contribution < -0.4 is 10.1 Å². The Hall–Kier alpha value is -2.54. The number of carbonyl (C=O) groups excluding carboxylic acids is 1. The number of benzene rings is 2. The van der Waals surface area contributed by atoms with Crippen molar-refractivity contribution >= 4 is 5.91 Å². The molecule has 0 aromatic heterocycles. The van der Waals surface area contributed by atoms with E-state index in [0.29, 0.717) is 16.7 Å². The molecule has 1 amide bonds. The number of piperidine rings is 1. The van der Waals surface area contributed by atoms with E-state index in [1.54, 1.807) is 30.3 Å². The van der Waals surface area contributed by atoms with E-state index >= 15 is 0 Å². The number of halogens is 3. The van der Waals surface area contributed by atoms with Gasteiger partial charge < -0.3 is 10.1 Å². The van der Waals surface area contributed by atoms with Crippen LogP contribution in [0.1, 0.15) is 56.8 Å². The third-order valence-electron chi connectivity index (χ3n) is 6.07. The number of nitrogens with zero attached hydrogens (tertiary/aromatic N) is 1. The summed E-state index contributed by atoms with van der Waals surface area (Å²) in [4.78, 5) is 15.3. The van der Waals surface area contributed by atoms with E-state index in [0.717, 1.165) is 38.8 Å². The second-order valence-electron chi connectivity index (χ2n) is 8.95. The van der Waals surface area contributed by atoms with Gasteiger partial charge in [-0.1, -0.05) is 37.6 Å². The third kappa shape index (κ3) is 6.48. The fourth-order valence-corrected chi connectivity index (χ4v) is 4.38. The molecular formula is C25H31F3N2O2. The molecule has 1 N–H and O–H groups in total. The molecule has 1 aliphatic rings. The van der Waals surface area contributed by atoms with Gasteiger partial charge in [-0.2, -0.15) is 0 Å². The van der Waals surface area contributed by atoms with Crippen LogP contribution >= 0.6 is 0 Å². The van der Waals surface area contributed by atoms with Crippen molar-refractivity contribution in [1.82, 2.24) is 10.2 Å². The van der Waals surface area contributed by atoms with Crippen LogP contribution in [0.5, 0.6) is 5.75 Å². The van der Waals surface area contributed by atoms with Crippen LogP contribution in [0, 0.1) is 0 Å². The van der Waals surface area contributed by atoms with Gasteiger partial charge in [0.25, 0.3) is 5.91 Å². The second kappa shape index (κ2) is 9.94. The standard InChI is InChI=1S/C25H31F3N2O2/c1-4-13-24(2,3)30-14-11-21(12-15-30)29-23(31)20-9-5-7-18(16-20)19-8-6-10-22(17-19)32-25(26,27)28/h5-10,16-17,21H,4,11-15H2,1-3H3,(H,29,31). The molecule has 2 aromatic rings. The zero-order chi connectivity index (χ0) is 23.4. The molecule has 1 fully saturated rings. The number of hydrogen-bond acceptors (Lipinski definition) is 3. The first-order valence-corrected chi connectivity index (χ1v) is 11.1. The maximum atomic E-state index is 12.8. The van der Waals surface area contributed by atoms with E-state index in [1.807, 2.05) is 0 Å². The summed E-state index contributed by atoms with van der Waals surface area (Å²) < 4.78 is 41.6. The molecule has 174 valence electrons. The van der Waals surface area contributed by atoms with Crippen LogP contribution in [-0.4, -0.2) is 41.8 Å². The monoisotopic (exact) mass is 448 g/mol. The first kappa shape index (κ1) is 24.1. The molecule has 0 spiro atoms. The predicted molar refractivity (Wildman–Crippen MR) is 120 cm³/mol. The number of likely N-dealkylation sites (tertiary alicyclic amines) is 1. The largest absolute Gasteiger partial charge is 0.573 e. The number of carbonyl (C=O) groups is 1. The average Bonchev–Trinajstić information content (AvgIpc) is 2.73. The fourth-order valence-electron chi connectivity index (χ4n) is 4.38. The van der Waals surface area contributed by atoms with E-state index in [4.69, 9.17) is 0 Å². The Labute approximate surface area is 187 Å². The predicted octanol–water partition coefficient (Wildman–Crippen LogP) is 6.03. The Morgan fingerprint density at radius 3 is 2.31 bits per heavy atom. The zero-order valence-electron chi connectivity index (χ0n) is 18.8. The molecule has 0 radical (unpaired) electrons. The molecule has 0 aliphatic carbocycles. The van der Waals surface area contributed by atoms with Crippen molar-refractivity contribution in [3.05, 3.63) is 54.1 Å². The first-order valence-electron chi connectivity index (χ1n) is 11.1. The number of rotatable bonds is 7. The highest BCUT2D eigenvalue weighted by Gasteiger charge is 2.31. The number of amides is 1. The van der Waals surface area contributed by atoms with Crippen molar-refractivity contribution in [2.24, 2.45) is 0 Å². The minimum atomic E-state index is -4.75. The molecule has 4 nitrogen and oxygen atoms in total. The molecule has 3 rings (SSSR count). The third-order valence-corrected chi connectivity index (χ3v) is 6.07. The molecule has 0 atom stereocenters. The minimum absolute atomic E-state index is 0.114. The summed E-state index contributed by atoms with van der Waals surface area (Å²) in [6.45, 7) is 8.64. The first-order chi connectivity index (χ1) is 15.1. The second-order valence-corrected chi connectivity index (χ2v) is 8.95. The lowest BCUT2D eigenvalue weighted by molar-refractivity contribution is -0.274. The van der Waals surface area contributed by atoms with E-state index in [9.17, 15) is 18.0 Å². The molecule has 2 aromatic carbocycles. The van der Waals surface area contributed by atoms with Crippen LogP contribution in [0.15, 0.2) is 48.5 Å². The number of alkyl halides is 3. The number of hydrogen-bond donors (Lipinski definition) is 1. The molecule has 0 saturated carbocycles. The van der Waals surface area contributed by atoms with Gasteiger partial charge in [-0.3, -0.25) is 9.69 Å². The molecule has 7 heteroatoms. The van der Waals surface area contributed by atoms with Crippen LogP contribution in [0.2, 0.25) is 0 Å². The lowest BCUT2D eigenvalue weighted by Gasteiger charge is -2.43. The van der Waals surface area contributed by atoms with Gasteiger partial charge in [0.15, 0.2) is 0 Å². The van der Waals surface area contributed by atoms with Crippen molar-refractivity contribution in [1.29, 1.82) is 0 Å². The maximum Gasteiger partial charge on any atom is 0.573 e. The van der Waals surface area contributed by atoms with Gasteiger partial charge in [-0.05, 0) is 68.5 Å². The van der Waals surface area contributed by atoms with Gasteiger partial charge in [0.1, 0.15) is 5.75 Å². The highest BCUT2D eigenvalue weighted by molar-refractivity contribution is 5.95. The van der Waals surface area contributed by atoms with Gasteiger partial charge in [-0.25, -0.2) is 0 Å². The highest BCUT2D eigenvalue weighted by atomic mass is 19.4. The Bertz CT molecular complexity index is 919. The van der Waals surface area contributed by atoms with Gasteiger partial charge in [0, 0.05) is 30.2 Å². The highest BCUT2D eigenvalue weighted by Crippen LogP contribution is 2.29. The zero-order valence-corrected chi connectivity index (χ0v) is 18.8. The topological polar surface area (TPSA) is 41.6 Å². The van der Waals surface area contributed by atoms with Crippen LogP contribution in [0.4, 0.5) is 13.2 Å². The van der Waals surface area contributed by atoms with Gasteiger partial charge in [0.2, 0.25) is 0 Å². The molecular weight excluding hydrogens is 417 g/mol. The lowest BCUT2D eigenvalue weighted by Crippen LogP contribution is -2.52. The smallest absolute Gasteiger partial charge is 0.406 e. The summed E-state index contributed by atoms with van der Waals surface area (Å²) in [7, 11) is 0. The average molecular weight is 449 g/mol. The Kier molecular flexibility index (Phi) is 7.49. The van der Waals surface area contributed by atoms with E-state index in [2.05, 4.69) is 35.7 Å². The van der Waals surface area contributed by atoms with Gasteiger partial charge in [-0.15, -0.1) is 13.2 Å². The van der Waals surface area contributed by atoms with Crippen LogP contribution in [0.25, 0.3) is 11.1 Å². The van der Waals surface area contributed by atoms with E-state index in [-0.39, 0.29) is 23.2 Å². The fraction of sp³-hybridized carbons (Fsp3) is 0.480. The molecule has 0 unspecified atom stereocenters. The van der Waals surface area contributed by atoms with Crippen molar-refractivity contribution in [3.8, 4) is 16.9 Å². The van der Waals surface area contributed by atoms with E-state index in [1.165, 1.54) is 18.2 Å². The van der Waals surface area contributed by atoms with Crippen LogP contribution in [-0.2, 0) is 0 Å². The normalized spacial score (nSPS) is 16.1. The summed E-state index contributed by atoms with van der Waals surface area (Å²) in [5.41, 5.74) is 1.86. The Morgan fingerprint density at radius 2 is 1.69 bits per heavy atom. The molecule has 0 bridgehead atoms. The van der Waals surface area contributed by atoms with Crippen molar-refractivity contribution in [2.75, 3.05) is 13.1 Å². The van der Waals surface area contributed by atoms with Gasteiger partial charge >= 0.3 is 6.36 Å². The Morgan fingerprint density at radius 1 is 1.06 bits per heavy atom. The Balaban J connectivity index is 1.64. The molecule has 1 heterocycles. The van der Waals surface area contributed by atoms with Crippen molar-refractivity contribution in [3.63, 3.8) is 0 Å². The number of nitrogens with one attached hydrogen (secondary N) is 1. The number of ether oxygens (including phenoxy) is 1. The summed E-state index contributed by atoms with van der Waals surface area (Å²) in [5.74, 6) is -0.455. The van der Waals surface area contributed by atoms with Crippen molar-refractivity contribution in [2.45, 2.75) is 64.4 Å². The quantitative estimate of drug-likeness (QED) is 0.563. The lowest BCUT2D eigenvalue weighted by atomic mass is 9.92. The summed E-state index contributed by atoms with van der Waals surface area (Å²) in [5, 5.41) is 3.12.